The van der Waals surface area contributed by atoms with Crippen LogP contribution in [0.15, 0.2) is 24.3 Å². The van der Waals surface area contributed by atoms with Crippen LogP contribution in [0.3, 0.4) is 0 Å². The monoisotopic (exact) mass is 262 g/mol. The molecule has 4 nitrogen and oxygen atoms in total. The number of likely N-dealkylation sites (N-methyl/N-ethyl adjacent to an activating group) is 1. The minimum absolute atomic E-state index is 0.0141. The third-order valence-corrected chi connectivity index (χ3v) is 3.94. The van der Waals surface area contributed by atoms with Crippen LogP contribution in [-0.4, -0.2) is 37.0 Å². The number of methoxy groups -OCH3 is 1. The molecule has 1 aromatic rings. The number of amides is 1. The number of hydrogen-bond donors (Lipinski definition) is 1. The van der Waals surface area contributed by atoms with Crippen molar-refractivity contribution < 1.29 is 9.53 Å². The van der Waals surface area contributed by atoms with E-state index in [-0.39, 0.29) is 18.0 Å². The minimum atomic E-state index is -0.0141. The first-order valence-corrected chi connectivity index (χ1v) is 6.81. The first-order chi connectivity index (χ1) is 9.15. The summed E-state index contributed by atoms with van der Waals surface area (Å²) in [6.07, 6.45) is 4.28. The lowest BCUT2D eigenvalue weighted by atomic mass is 9.90. The van der Waals surface area contributed by atoms with Crippen LogP contribution in [0.2, 0.25) is 0 Å². The molecule has 1 aromatic carbocycles. The van der Waals surface area contributed by atoms with Crippen molar-refractivity contribution in [3.05, 3.63) is 29.8 Å². The van der Waals surface area contributed by atoms with Crippen molar-refractivity contribution >= 4 is 5.91 Å². The zero-order valence-electron chi connectivity index (χ0n) is 11.6. The standard InChI is InChI=1S/C15H22N2O2/c1-17(13-9-5-4-8-12(13)16)15(18)11-7-3-6-10-14(11)19-2/h3,6-7,10,12-13H,4-5,8-9,16H2,1-2H3. The molecule has 0 saturated heterocycles. The smallest absolute Gasteiger partial charge is 0.257 e. The molecule has 0 aliphatic heterocycles. The number of nitrogens with zero attached hydrogens (tertiary/aromatic N) is 1. The van der Waals surface area contributed by atoms with E-state index in [0.717, 1.165) is 25.7 Å². The van der Waals surface area contributed by atoms with E-state index in [1.807, 2.05) is 25.2 Å². The Hall–Kier alpha value is -1.55. The summed E-state index contributed by atoms with van der Waals surface area (Å²) < 4.78 is 5.25. The van der Waals surface area contributed by atoms with Crippen molar-refractivity contribution in [1.82, 2.24) is 4.90 Å². The number of nitrogens with two attached hydrogens (primary N) is 1. The molecule has 1 aliphatic rings. The van der Waals surface area contributed by atoms with Gasteiger partial charge in [-0.1, -0.05) is 25.0 Å². The number of benzene rings is 1. The van der Waals surface area contributed by atoms with Gasteiger partial charge < -0.3 is 15.4 Å². The zero-order chi connectivity index (χ0) is 13.8. The van der Waals surface area contributed by atoms with E-state index in [2.05, 4.69) is 0 Å². The van der Waals surface area contributed by atoms with Gasteiger partial charge in [0.2, 0.25) is 0 Å². The predicted octanol–water partition coefficient (Wildman–Crippen LogP) is 2.04. The van der Waals surface area contributed by atoms with Crippen LogP contribution in [0.4, 0.5) is 0 Å². The fourth-order valence-electron chi connectivity index (χ4n) is 2.78. The summed E-state index contributed by atoms with van der Waals surface area (Å²) in [6, 6.07) is 7.53. The van der Waals surface area contributed by atoms with Gasteiger partial charge in [-0.15, -0.1) is 0 Å². The van der Waals surface area contributed by atoms with Gasteiger partial charge in [-0.25, -0.2) is 0 Å². The molecule has 1 amide bonds. The molecule has 1 fully saturated rings. The molecule has 19 heavy (non-hydrogen) atoms. The van der Waals surface area contributed by atoms with Gasteiger partial charge >= 0.3 is 0 Å². The van der Waals surface area contributed by atoms with Crippen LogP contribution >= 0.6 is 0 Å². The first-order valence-electron chi connectivity index (χ1n) is 6.81. The van der Waals surface area contributed by atoms with Crippen molar-refractivity contribution in [2.75, 3.05) is 14.2 Å². The lowest BCUT2D eigenvalue weighted by molar-refractivity contribution is 0.0669. The van der Waals surface area contributed by atoms with Gasteiger partial charge in [0.25, 0.3) is 5.91 Å². The summed E-state index contributed by atoms with van der Waals surface area (Å²) in [5.74, 6) is 0.600. The van der Waals surface area contributed by atoms with Crippen molar-refractivity contribution in [2.45, 2.75) is 37.8 Å². The quantitative estimate of drug-likeness (QED) is 0.907. The van der Waals surface area contributed by atoms with Crippen molar-refractivity contribution in [3.63, 3.8) is 0 Å². The molecule has 0 bridgehead atoms. The SMILES string of the molecule is COc1ccccc1C(=O)N(C)C1CCCCC1N. The molecule has 1 aliphatic carbocycles. The van der Waals surface area contributed by atoms with Crippen LogP contribution in [-0.2, 0) is 0 Å². The van der Waals surface area contributed by atoms with Crippen LogP contribution in [0.5, 0.6) is 5.75 Å². The third kappa shape index (κ3) is 2.89. The Morgan fingerprint density at radius 3 is 2.68 bits per heavy atom. The second-order valence-electron chi connectivity index (χ2n) is 5.13. The summed E-state index contributed by atoms with van der Waals surface area (Å²) in [5, 5.41) is 0. The van der Waals surface area contributed by atoms with E-state index in [1.165, 1.54) is 0 Å². The van der Waals surface area contributed by atoms with Crippen LogP contribution in [0.1, 0.15) is 36.0 Å². The van der Waals surface area contributed by atoms with Crippen LogP contribution in [0.25, 0.3) is 0 Å². The van der Waals surface area contributed by atoms with Crippen LogP contribution in [0, 0.1) is 0 Å². The summed E-state index contributed by atoms with van der Waals surface area (Å²) in [4.78, 5) is 14.3. The number of carbonyl (C=O) groups is 1. The maximum absolute atomic E-state index is 12.6. The predicted molar refractivity (Wildman–Crippen MR) is 75.3 cm³/mol. The highest BCUT2D eigenvalue weighted by molar-refractivity contribution is 5.97. The van der Waals surface area contributed by atoms with E-state index in [9.17, 15) is 4.79 Å². The summed E-state index contributed by atoms with van der Waals surface area (Å²) in [5.41, 5.74) is 6.74. The van der Waals surface area contributed by atoms with Gasteiger partial charge in [0.15, 0.2) is 0 Å². The number of para-hydroxylation sites is 1. The maximum atomic E-state index is 12.6. The van der Waals surface area contributed by atoms with E-state index in [1.54, 1.807) is 18.1 Å². The summed E-state index contributed by atoms with van der Waals surface area (Å²) in [7, 11) is 3.42. The maximum Gasteiger partial charge on any atom is 0.257 e. The molecule has 0 radical (unpaired) electrons. The molecule has 2 N–H and O–H groups in total. The zero-order valence-corrected chi connectivity index (χ0v) is 11.6. The number of carbonyl (C=O) groups excluding carboxylic acids is 1. The average molecular weight is 262 g/mol. The van der Waals surface area contributed by atoms with Gasteiger partial charge in [0.1, 0.15) is 5.75 Å². The van der Waals surface area contributed by atoms with E-state index < -0.39 is 0 Å². The lowest BCUT2D eigenvalue weighted by Crippen LogP contribution is -2.50. The van der Waals surface area contributed by atoms with E-state index in [0.29, 0.717) is 11.3 Å². The number of ether oxygens (including phenoxy) is 1. The first kappa shape index (κ1) is 13.9. The molecule has 1 saturated carbocycles. The molecular formula is C15H22N2O2. The molecule has 0 heterocycles. The fraction of sp³-hybridized carbons (Fsp3) is 0.533. The van der Waals surface area contributed by atoms with Crippen molar-refractivity contribution in [1.29, 1.82) is 0 Å². The summed E-state index contributed by atoms with van der Waals surface area (Å²) in [6.45, 7) is 0. The van der Waals surface area contributed by atoms with Gasteiger partial charge in [-0.3, -0.25) is 4.79 Å². The molecule has 2 unspecified atom stereocenters. The number of hydrogen-bond acceptors (Lipinski definition) is 3. The fourth-order valence-corrected chi connectivity index (χ4v) is 2.78. The Morgan fingerprint density at radius 2 is 2.00 bits per heavy atom. The normalized spacial score (nSPS) is 22.9. The van der Waals surface area contributed by atoms with E-state index >= 15 is 0 Å². The highest BCUT2D eigenvalue weighted by atomic mass is 16.5. The Labute approximate surface area is 114 Å². The lowest BCUT2D eigenvalue weighted by Gasteiger charge is -2.36. The van der Waals surface area contributed by atoms with Gasteiger partial charge in [-0.05, 0) is 25.0 Å². The number of rotatable bonds is 3. The van der Waals surface area contributed by atoms with Gasteiger partial charge in [0.05, 0.1) is 12.7 Å². The molecule has 0 spiro atoms. The summed E-state index contributed by atoms with van der Waals surface area (Å²) >= 11 is 0. The molecule has 2 rings (SSSR count). The third-order valence-electron chi connectivity index (χ3n) is 3.94. The molecule has 4 heteroatoms. The Morgan fingerprint density at radius 1 is 1.32 bits per heavy atom. The second-order valence-corrected chi connectivity index (χ2v) is 5.13. The second kappa shape index (κ2) is 6.06. The van der Waals surface area contributed by atoms with Crippen molar-refractivity contribution in [2.24, 2.45) is 5.73 Å². The van der Waals surface area contributed by atoms with Gasteiger partial charge in [0, 0.05) is 19.1 Å². The Kier molecular flexibility index (Phi) is 4.43. The highest BCUT2D eigenvalue weighted by Crippen LogP contribution is 2.25. The van der Waals surface area contributed by atoms with E-state index in [4.69, 9.17) is 10.5 Å². The van der Waals surface area contributed by atoms with Crippen molar-refractivity contribution in [3.8, 4) is 5.75 Å². The molecular weight excluding hydrogens is 240 g/mol. The Balaban J connectivity index is 2.18. The highest BCUT2D eigenvalue weighted by Gasteiger charge is 2.29. The molecule has 0 aromatic heterocycles. The molecule has 104 valence electrons. The molecule has 2 atom stereocenters. The van der Waals surface area contributed by atoms with Gasteiger partial charge in [-0.2, -0.15) is 0 Å². The Bertz CT molecular complexity index is 448. The largest absolute Gasteiger partial charge is 0.496 e. The topological polar surface area (TPSA) is 55.6 Å². The van der Waals surface area contributed by atoms with Crippen LogP contribution < -0.4 is 10.5 Å². The minimum Gasteiger partial charge on any atom is -0.496 e. The average Bonchev–Trinajstić information content (AvgIpc) is 2.46.